The third kappa shape index (κ3) is 2.68. The molecule has 1 N–H and O–H groups in total. The average molecular weight is 302 g/mol. The first-order chi connectivity index (χ1) is 10.3. The van der Waals surface area contributed by atoms with Crippen LogP contribution < -0.4 is 0 Å². The van der Waals surface area contributed by atoms with Crippen LogP contribution in [0.15, 0.2) is 36.5 Å². The topological polar surface area (TPSA) is 37.3 Å². The highest BCUT2D eigenvalue weighted by atomic mass is 16.4. The van der Waals surface area contributed by atoms with Crippen molar-refractivity contribution < 1.29 is 9.90 Å². The lowest BCUT2D eigenvalue weighted by Gasteiger charge is -2.57. The van der Waals surface area contributed by atoms with Crippen LogP contribution in [0.2, 0.25) is 0 Å². The Hall–Kier alpha value is -1.31. The summed E-state index contributed by atoms with van der Waals surface area (Å²) in [6.45, 7) is 14.5. The molecule has 2 aliphatic rings. The van der Waals surface area contributed by atoms with Gasteiger partial charge in [0.2, 0.25) is 0 Å². The summed E-state index contributed by atoms with van der Waals surface area (Å²) in [5.41, 5.74) is 1.97. The quantitative estimate of drug-likeness (QED) is 0.559. The first-order valence-corrected chi connectivity index (χ1v) is 8.46. The molecule has 2 nitrogen and oxygen atoms in total. The fraction of sp³-hybridized carbons (Fsp3) is 0.650. The van der Waals surface area contributed by atoms with Crippen molar-refractivity contribution in [2.45, 2.75) is 59.3 Å². The van der Waals surface area contributed by atoms with E-state index >= 15 is 0 Å². The lowest BCUT2D eigenvalue weighted by atomic mass is 9.46. The van der Waals surface area contributed by atoms with E-state index in [-0.39, 0.29) is 11.3 Å². The summed E-state index contributed by atoms with van der Waals surface area (Å²) < 4.78 is 0. The van der Waals surface area contributed by atoms with Crippen molar-refractivity contribution in [2.24, 2.45) is 22.7 Å². The maximum absolute atomic E-state index is 11.9. The Morgan fingerprint density at radius 3 is 2.68 bits per heavy atom. The van der Waals surface area contributed by atoms with Gasteiger partial charge < -0.3 is 5.11 Å². The molecular formula is C20H30O2. The van der Waals surface area contributed by atoms with Gasteiger partial charge in [0.25, 0.3) is 0 Å². The van der Waals surface area contributed by atoms with Crippen molar-refractivity contribution in [3.05, 3.63) is 36.5 Å². The average Bonchev–Trinajstić information content (AvgIpc) is 2.45. The summed E-state index contributed by atoms with van der Waals surface area (Å²) >= 11 is 0. The van der Waals surface area contributed by atoms with Gasteiger partial charge in [0, 0.05) is 0 Å². The largest absolute Gasteiger partial charge is 0.481 e. The molecule has 2 fully saturated rings. The molecule has 0 bridgehead atoms. The summed E-state index contributed by atoms with van der Waals surface area (Å²) in [5, 5.41) is 9.81. The molecule has 2 saturated carbocycles. The van der Waals surface area contributed by atoms with Crippen molar-refractivity contribution in [2.75, 3.05) is 0 Å². The summed E-state index contributed by atoms with van der Waals surface area (Å²) in [6.07, 6.45) is 9.95. The number of allylic oxidation sites excluding steroid dienone is 4. The third-order valence-electron chi connectivity index (χ3n) is 6.51. The molecule has 22 heavy (non-hydrogen) atoms. The monoisotopic (exact) mass is 302 g/mol. The summed E-state index contributed by atoms with van der Waals surface area (Å²) in [7, 11) is 0. The molecule has 2 rings (SSSR count). The number of aliphatic carboxylic acids is 1. The second kappa shape index (κ2) is 6.06. The molecule has 122 valence electrons. The van der Waals surface area contributed by atoms with E-state index in [9.17, 15) is 9.90 Å². The lowest BCUT2D eigenvalue weighted by molar-refractivity contribution is -0.164. The molecule has 0 unspecified atom stereocenters. The fourth-order valence-electron chi connectivity index (χ4n) is 5.03. The number of hydrogen-bond donors (Lipinski definition) is 1. The Kier molecular flexibility index (Phi) is 4.70. The van der Waals surface area contributed by atoms with Gasteiger partial charge in [-0.1, -0.05) is 49.8 Å². The number of carboxylic acid groups (broad SMARTS) is 1. The second-order valence-electron chi connectivity index (χ2n) is 7.77. The molecule has 2 aliphatic carbocycles. The summed E-state index contributed by atoms with van der Waals surface area (Å²) in [6, 6.07) is 0. The van der Waals surface area contributed by atoms with Gasteiger partial charge in [-0.15, -0.1) is 0 Å². The lowest BCUT2D eigenvalue weighted by Crippen LogP contribution is -2.53. The molecule has 0 aromatic carbocycles. The van der Waals surface area contributed by atoms with Crippen LogP contribution >= 0.6 is 0 Å². The Balaban J connectivity index is 2.36. The standard InChI is InChI=1S/C20H30O2/c1-6-14(2)8-10-16-15(3)9-11-17-19(16,4)12-7-13-20(17,5)18(21)22/h6,8,16-17H,1,3,7,9-13H2,2,4-5H3,(H,21,22)/b14-8+/t16-,17+,19+,20+/m1/s1. The van der Waals surface area contributed by atoms with Gasteiger partial charge >= 0.3 is 5.97 Å². The fourth-order valence-corrected chi connectivity index (χ4v) is 5.03. The SMILES string of the molecule is C=C/C(C)=C/C[C@@H]1C(=C)CC[C@H]2[C@@]1(C)CCC[C@]2(C)C(=O)O. The van der Waals surface area contributed by atoms with Crippen LogP contribution in [0.1, 0.15) is 59.3 Å². The molecule has 0 aromatic heterocycles. The molecule has 4 atom stereocenters. The van der Waals surface area contributed by atoms with Crippen molar-refractivity contribution >= 4 is 5.97 Å². The number of fused-ring (bicyclic) bond motifs is 1. The smallest absolute Gasteiger partial charge is 0.309 e. The van der Waals surface area contributed by atoms with Gasteiger partial charge in [-0.25, -0.2) is 0 Å². The zero-order valence-corrected chi connectivity index (χ0v) is 14.3. The normalized spacial score (nSPS) is 39.2. The molecule has 0 radical (unpaired) electrons. The van der Waals surface area contributed by atoms with Crippen LogP contribution in [-0.4, -0.2) is 11.1 Å². The third-order valence-corrected chi connectivity index (χ3v) is 6.51. The number of rotatable bonds is 4. The Morgan fingerprint density at radius 1 is 1.41 bits per heavy atom. The number of carbonyl (C=O) groups is 1. The van der Waals surface area contributed by atoms with Crippen LogP contribution in [0.5, 0.6) is 0 Å². The van der Waals surface area contributed by atoms with E-state index in [1.165, 1.54) is 11.1 Å². The van der Waals surface area contributed by atoms with E-state index < -0.39 is 11.4 Å². The molecule has 0 aromatic rings. The van der Waals surface area contributed by atoms with Gasteiger partial charge in [-0.2, -0.15) is 0 Å². The van der Waals surface area contributed by atoms with Crippen LogP contribution in [0.25, 0.3) is 0 Å². The minimum Gasteiger partial charge on any atom is -0.481 e. The highest BCUT2D eigenvalue weighted by Crippen LogP contribution is 2.61. The minimum atomic E-state index is -0.618. The van der Waals surface area contributed by atoms with Gasteiger partial charge in [-0.3, -0.25) is 4.79 Å². The van der Waals surface area contributed by atoms with E-state index in [1.807, 2.05) is 13.0 Å². The Labute approximate surface area is 135 Å². The van der Waals surface area contributed by atoms with Crippen molar-refractivity contribution in [1.82, 2.24) is 0 Å². The molecule has 0 aliphatic heterocycles. The Morgan fingerprint density at radius 2 is 2.09 bits per heavy atom. The maximum Gasteiger partial charge on any atom is 0.309 e. The van der Waals surface area contributed by atoms with Gasteiger partial charge in [0.05, 0.1) is 5.41 Å². The predicted molar refractivity (Wildman–Crippen MR) is 91.6 cm³/mol. The molecule has 0 heterocycles. The zero-order chi connectivity index (χ0) is 16.5. The van der Waals surface area contributed by atoms with E-state index in [0.717, 1.165) is 38.5 Å². The van der Waals surface area contributed by atoms with E-state index in [1.54, 1.807) is 0 Å². The van der Waals surface area contributed by atoms with Crippen LogP contribution in [0.3, 0.4) is 0 Å². The van der Waals surface area contributed by atoms with Gasteiger partial charge in [-0.05, 0) is 63.2 Å². The molecule has 0 spiro atoms. The van der Waals surface area contributed by atoms with Crippen molar-refractivity contribution in [3.63, 3.8) is 0 Å². The van der Waals surface area contributed by atoms with Crippen LogP contribution in [-0.2, 0) is 4.79 Å². The number of carboxylic acids is 1. The van der Waals surface area contributed by atoms with E-state index in [0.29, 0.717) is 5.92 Å². The Bertz CT molecular complexity index is 516. The first kappa shape index (κ1) is 17.1. The molecule has 0 saturated heterocycles. The van der Waals surface area contributed by atoms with E-state index in [4.69, 9.17) is 0 Å². The van der Waals surface area contributed by atoms with E-state index in [2.05, 4.69) is 33.1 Å². The van der Waals surface area contributed by atoms with Gasteiger partial charge in [0.1, 0.15) is 0 Å². The molecule has 2 heteroatoms. The van der Waals surface area contributed by atoms with Crippen LogP contribution in [0, 0.1) is 22.7 Å². The predicted octanol–water partition coefficient (Wildman–Crippen LogP) is 5.37. The maximum atomic E-state index is 11.9. The minimum absolute atomic E-state index is 0.0542. The highest BCUT2D eigenvalue weighted by molar-refractivity contribution is 5.75. The van der Waals surface area contributed by atoms with Crippen molar-refractivity contribution in [1.29, 1.82) is 0 Å². The molecular weight excluding hydrogens is 272 g/mol. The zero-order valence-electron chi connectivity index (χ0n) is 14.3. The number of hydrogen-bond acceptors (Lipinski definition) is 1. The summed E-state index contributed by atoms with van der Waals surface area (Å²) in [4.78, 5) is 11.9. The summed E-state index contributed by atoms with van der Waals surface area (Å²) in [5.74, 6) is 0.0202. The highest BCUT2D eigenvalue weighted by Gasteiger charge is 2.57. The van der Waals surface area contributed by atoms with Gasteiger partial charge in [0.15, 0.2) is 0 Å². The van der Waals surface area contributed by atoms with Crippen LogP contribution in [0.4, 0.5) is 0 Å². The first-order valence-electron chi connectivity index (χ1n) is 8.46. The van der Waals surface area contributed by atoms with Crippen molar-refractivity contribution in [3.8, 4) is 0 Å². The molecule has 0 amide bonds. The second-order valence-corrected chi connectivity index (χ2v) is 7.77.